The fraction of sp³-hybridized carbons (Fsp3) is 0.588. The highest BCUT2D eigenvalue weighted by Gasteiger charge is 2.33. The fourth-order valence-corrected chi connectivity index (χ4v) is 3.16. The van der Waals surface area contributed by atoms with Crippen LogP contribution in [0.2, 0.25) is 5.02 Å². The van der Waals surface area contributed by atoms with Crippen molar-refractivity contribution in [3.8, 4) is 0 Å². The first kappa shape index (κ1) is 18.0. The molecule has 4 nitrogen and oxygen atoms in total. The number of amides is 2. The van der Waals surface area contributed by atoms with Crippen molar-refractivity contribution in [3.05, 3.63) is 34.6 Å². The third kappa shape index (κ3) is 4.15. The van der Waals surface area contributed by atoms with Crippen LogP contribution in [0.15, 0.2) is 18.2 Å². The lowest BCUT2D eigenvalue weighted by atomic mass is 9.93. The second kappa shape index (κ2) is 7.49. The number of nitrogens with one attached hydrogen (secondary N) is 1. The highest BCUT2D eigenvalue weighted by Crippen LogP contribution is 2.36. The van der Waals surface area contributed by atoms with Crippen molar-refractivity contribution in [1.29, 1.82) is 0 Å². The number of rotatable bonds is 4. The number of nitrogens with zero attached hydrogens (tertiary/aromatic N) is 2. The first-order valence-electron chi connectivity index (χ1n) is 7.97. The van der Waals surface area contributed by atoms with Gasteiger partial charge in [-0.2, -0.15) is 0 Å². The Hall–Kier alpha value is -1.33. The third-order valence-electron chi connectivity index (χ3n) is 4.67. The molecule has 1 aromatic rings. The molecule has 0 spiro atoms. The minimum Gasteiger partial charge on any atom is -0.338 e. The van der Waals surface area contributed by atoms with Gasteiger partial charge in [0.1, 0.15) is 5.82 Å². The number of hydrogen-bond acceptors (Lipinski definition) is 2. The monoisotopic (exact) mass is 341 g/mol. The number of urea groups is 1. The van der Waals surface area contributed by atoms with Gasteiger partial charge >= 0.3 is 6.03 Å². The SMILES string of the molecule is CC(C)N(C)C(=O)NC[C@H]1CCN(C)[C@@H]1c1ccc(Cl)c(F)c1. The number of halogens is 2. The molecule has 1 saturated heterocycles. The predicted molar refractivity (Wildman–Crippen MR) is 91.2 cm³/mol. The number of hydrogen-bond donors (Lipinski definition) is 1. The molecule has 128 valence electrons. The molecule has 2 atom stereocenters. The van der Waals surface area contributed by atoms with Gasteiger partial charge in [-0.1, -0.05) is 17.7 Å². The van der Waals surface area contributed by atoms with Gasteiger partial charge in [0.2, 0.25) is 0 Å². The Labute approximate surface area is 142 Å². The van der Waals surface area contributed by atoms with Crippen LogP contribution in [0.4, 0.5) is 9.18 Å². The second-order valence-corrected chi connectivity index (χ2v) is 6.95. The van der Waals surface area contributed by atoms with Gasteiger partial charge in [-0.15, -0.1) is 0 Å². The van der Waals surface area contributed by atoms with Gasteiger partial charge in [-0.3, -0.25) is 4.90 Å². The molecule has 6 heteroatoms. The van der Waals surface area contributed by atoms with E-state index in [1.165, 1.54) is 6.07 Å². The molecule has 1 N–H and O–H groups in total. The van der Waals surface area contributed by atoms with Crippen molar-refractivity contribution < 1.29 is 9.18 Å². The smallest absolute Gasteiger partial charge is 0.317 e. The van der Waals surface area contributed by atoms with Crippen molar-refractivity contribution in [2.75, 3.05) is 27.2 Å². The maximum Gasteiger partial charge on any atom is 0.317 e. The second-order valence-electron chi connectivity index (χ2n) is 6.54. The average Bonchev–Trinajstić information content (AvgIpc) is 2.87. The van der Waals surface area contributed by atoms with Crippen LogP contribution in [0.25, 0.3) is 0 Å². The van der Waals surface area contributed by atoms with Gasteiger partial charge in [0, 0.05) is 25.7 Å². The van der Waals surface area contributed by atoms with E-state index in [0.717, 1.165) is 18.5 Å². The zero-order valence-electron chi connectivity index (χ0n) is 14.1. The third-order valence-corrected chi connectivity index (χ3v) is 4.98. The first-order valence-corrected chi connectivity index (χ1v) is 8.35. The van der Waals surface area contributed by atoms with Gasteiger partial charge in [-0.05, 0) is 57.5 Å². The lowest BCUT2D eigenvalue weighted by molar-refractivity contribution is 0.193. The topological polar surface area (TPSA) is 35.6 Å². The summed E-state index contributed by atoms with van der Waals surface area (Å²) in [5.41, 5.74) is 0.906. The molecule has 1 aliphatic heterocycles. The Morgan fingerprint density at radius 3 is 2.83 bits per heavy atom. The Kier molecular flexibility index (Phi) is 5.87. The van der Waals surface area contributed by atoms with Crippen LogP contribution in [0.3, 0.4) is 0 Å². The summed E-state index contributed by atoms with van der Waals surface area (Å²) in [4.78, 5) is 16.0. The minimum absolute atomic E-state index is 0.0735. The van der Waals surface area contributed by atoms with E-state index in [2.05, 4.69) is 10.2 Å². The summed E-state index contributed by atoms with van der Waals surface area (Å²) in [5.74, 6) is -0.142. The van der Waals surface area contributed by atoms with Crippen LogP contribution < -0.4 is 5.32 Å². The van der Waals surface area contributed by atoms with Crippen molar-refractivity contribution in [3.63, 3.8) is 0 Å². The Morgan fingerprint density at radius 2 is 2.22 bits per heavy atom. The average molecular weight is 342 g/mol. The predicted octanol–water partition coefficient (Wildman–Crippen LogP) is 3.52. The van der Waals surface area contributed by atoms with Crippen molar-refractivity contribution >= 4 is 17.6 Å². The van der Waals surface area contributed by atoms with E-state index in [1.54, 1.807) is 18.0 Å². The molecule has 0 unspecified atom stereocenters. The van der Waals surface area contributed by atoms with Gasteiger partial charge in [0.05, 0.1) is 5.02 Å². The molecule has 2 rings (SSSR count). The summed E-state index contributed by atoms with van der Waals surface area (Å²) in [7, 11) is 3.81. The summed E-state index contributed by atoms with van der Waals surface area (Å²) < 4.78 is 13.8. The van der Waals surface area contributed by atoms with Crippen LogP contribution in [-0.2, 0) is 0 Å². The fourth-order valence-electron chi connectivity index (χ4n) is 3.04. The van der Waals surface area contributed by atoms with Gasteiger partial charge < -0.3 is 10.2 Å². The number of carbonyl (C=O) groups is 1. The highest BCUT2D eigenvalue weighted by atomic mass is 35.5. The number of carbonyl (C=O) groups excluding carboxylic acids is 1. The summed E-state index contributed by atoms with van der Waals surface area (Å²) >= 11 is 5.78. The molecule has 23 heavy (non-hydrogen) atoms. The molecule has 0 bridgehead atoms. The Bertz CT molecular complexity index is 567. The van der Waals surface area contributed by atoms with Crippen molar-refractivity contribution in [1.82, 2.24) is 15.1 Å². The highest BCUT2D eigenvalue weighted by molar-refractivity contribution is 6.30. The number of benzene rings is 1. The maximum atomic E-state index is 13.8. The molecule has 1 aromatic carbocycles. The zero-order chi connectivity index (χ0) is 17.1. The van der Waals surface area contributed by atoms with E-state index in [9.17, 15) is 9.18 Å². The van der Waals surface area contributed by atoms with Crippen LogP contribution in [-0.4, -0.2) is 49.1 Å². The van der Waals surface area contributed by atoms with E-state index in [1.807, 2.05) is 27.0 Å². The molecule has 2 amide bonds. The lowest BCUT2D eigenvalue weighted by Crippen LogP contribution is -2.43. The van der Waals surface area contributed by atoms with E-state index in [0.29, 0.717) is 6.54 Å². The molecule has 1 fully saturated rings. The van der Waals surface area contributed by atoms with E-state index in [4.69, 9.17) is 11.6 Å². The summed E-state index contributed by atoms with van der Waals surface area (Å²) in [6.07, 6.45) is 0.969. The van der Waals surface area contributed by atoms with Crippen molar-refractivity contribution in [2.45, 2.75) is 32.4 Å². The molecule has 0 aliphatic carbocycles. The minimum atomic E-state index is -0.396. The quantitative estimate of drug-likeness (QED) is 0.909. The standard InChI is InChI=1S/C17H25ClFN3O/c1-11(2)22(4)17(23)20-10-13-7-8-21(3)16(13)12-5-6-14(18)15(19)9-12/h5-6,9,11,13,16H,7-8,10H2,1-4H3,(H,20,23)/t13-,16-/m1/s1. The normalized spacial score (nSPS) is 21.7. The maximum absolute atomic E-state index is 13.8. The van der Waals surface area contributed by atoms with Crippen LogP contribution >= 0.6 is 11.6 Å². The molecule has 1 aliphatic rings. The summed E-state index contributed by atoms with van der Waals surface area (Å²) in [6, 6.07) is 5.14. The number of likely N-dealkylation sites (tertiary alicyclic amines) is 1. The summed E-state index contributed by atoms with van der Waals surface area (Å²) in [6.45, 7) is 5.45. The van der Waals surface area contributed by atoms with Gasteiger partial charge in [0.15, 0.2) is 0 Å². The van der Waals surface area contributed by atoms with Crippen LogP contribution in [0.1, 0.15) is 31.9 Å². The Balaban J connectivity index is 2.06. The van der Waals surface area contributed by atoms with Gasteiger partial charge in [-0.25, -0.2) is 9.18 Å². The van der Waals surface area contributed by atoms with E-state index in [-0.39, 0.29) is 29.1 Å². The molecule has 0 aromatic heterocycles. The molecule has 1 heterocycles. The van der Waals surface area contributed by atoms with Crippen LogP contribution in [0.5, 0.6) is 0 Å². The van der Waals surface area contributed by atoms with Crippen molar-refractivity contribution in [2.24, 2.45) is 5.92 Å². The van der Waals surface area contributed by atoms with Crippen LogP contribution in [0, 0.1) is 11.7 Å². The van der Waals surface area contributed by atoms with Gasteiger partial charge in [0.25, 0.3) is 0 Å². The van der Waals surface area contributed by atoms with E-state index >= 15 is 0 Å². The molecular weight excluding hydrogens is 317 g/mol. The zero-order valence-corrected chi connectivity index (χ0v) is 14.9. The lowest BCUT2D eigenvalue weighted by Gasteiger charge is -2.27. The van der Waals surface area contributed by atoms with E-state index < -0.39 is 5.82 Å². The first-order chi connectivity index (χ1) is 10.8. The molecule has 0 radical (unpaired) electrons. The summed E-state index contributed by atoms with van der Waals surface area (Å²) in [5, 5.41) is 3.13. The Morgan fingerprint density at radius 1 is 1.52 bits per heavy atom. The molecular formula is C17H25ClFN3O. The largest absolute Gasteiger partial charge is 0.338 e. The molecule has 0 saturated carbocycles.